The lowest BCUT2D eigenvalue weighted by Crippen LogP contribution is -2.42. The first-order chi connectivity index (χ1) is 8.81. The molecular weight excluding hydrogens is 224 g/mol. The summed E-state index contributed by atoms with van der Waals surface area (Å²) >= 11 is 0. The first-order valence-corrected chi connectivity index (χ1v) is 7.76. The summed E-state index contributed by atoms with van der Waals surface area (Å²) in [5.74, 6) is 7.48. The molecule has 1 aliphatic rings. The number of rotatable bonds is 9. The third kappa shape index (κ3) is 5.68. The predicted octanol–water partition coefficient (Wildman–Crippen LogP) is 3.24. The van der Waals surface area contributed by atoms with Crippen molar-refractivity contribution in [1.82, 2.24) is 5.43 Å². The summed E-state index contributed by atoms with van der Waals surface area (Å²) in [5.41, 5.74) is 3.03. The zero-order chi connectivity index (χ0) is 13.2. The lowest BCUT2D eigenvalue weighted by atomic mass is 9.76. The van der Waals surface area contributed by atoms with Gasteiger partial charge in [-0.25, -0.2) is 0 Å². The van der Waals surface area contributed by atoms with Gasteiger partial charge in [-0.1, -0.05) is 39.0 Å². The maximum absolute atomic E-state index is 5.71. The number of nitrogens with one attached hydrogen (secondary N) is 1. The lowest BCUT2D eigenvalue weighted by molar-refractivity contribution is 0.168. The van der Waals surface area contributed by atoms with Gasteiger partial charge in [0.25, 0.3) is 0 Å². The molecule has 108 valence electrons. The SMILES string of the molecule is CCCCC1CCC(C(CCCOC)NN)CC1. The summed E-state index contributed by atoms with van der Waals surface area (Å²) in [6.07, 6.45) is 12.0. The van der Waals surface area contributed by atoms with Gasteiger partial charge in [-0.2, -0.15) is 0 Å². The van der Waals surface area contributed by atoms with Crippen LogP contribution >= 0.6 is 0 Å². The van der Waals surface area contributed by atoms with Crippen LogP contribution in [0.25, 0.3) is 0 Å². The number of nitrogens with two attached hydrogens (primary N) is 1. The van der Waals surface area contributed by atoms with Crippen molar-refractivity contribution in [2.45, 2.75) is 70.8 Å². The molecule has 18 heavy (non-hydrogen) atoms. The van der Waals surface area contributed by atoms with Crippen molar-refractivity contribution in [2.75, 3.05) is 13.7 Å². The number of ether oxygens (including phenoxy) is 1. The Bertz CT molecular complexity index is 191. The maximum Gasteiger partial charge on any atom is 0.0462 e. The van der Waals surface area contributed by atoms with E-state index in [1.807, 2.05) is 0 Å². The molecule has 0 radical (unpaired) electrons. The van der Waals surface area contributed by atoms with E-state index in [0.29, 0.717) is 6.04 Å². The molecule has 0 saturated heterocycles. The van der Waals surface area contributed by atoms with Crippen molar-refractivity contribution in [2.24, 2.45) is 17.7 Å². The molecule has 1 unspecified atom stereocenters. The van der Waals surface area contributed by atoms with Crippen molar-refractivity contribution in [3.63, 3.8) is 0 Å². The molecule has 0 aromatic carbocycles. The monoisotopic (exact) mass is 256 g/mol. The van der Waals surface area contributed by atoms with Gasteiger partial charge < -0.3 is 4.74 Å². The molecule has 0 bridgehead atoms. The Hall–Kier alpha value is -0.120. The van der Waals surface area contributed by atoms with Gasteiger partial charge in [0.05, 0.1) is 0 Å². The first-order valence-electron chi connectivity index (χ1n) is 7.76. The fourth-order valence-electron chi connectivity index (χ4n) is 3.27. The van der Waals surface area contributed by atoms with E-state index < -0.39 is 0 Å². The molecule has 0 aromatic heterocycles. The summed E-state index contributed by atoms with van der Waals surface area (Å²) in [5, 5.41) is 0. The second-order valence-corrected chi connectivity index (χ2v) is 5.83. The van der Waals surface area contributed by atoms with Crippen LogP contribution < -0.4 is 11.3 Å². The molecule has 3 nitrogen and oxygen atoms in total. The predicted molar refractivity (Wildman–Crippen MR) is 77.2 cm³/mol. The van der Waals surface area contributed by atoms with Crippen LogP contribution in [0.1, 0.15) is 64.7 Å². The Morgan fingerprint density at radius 2 is 1.94 bits per heavy atom. The smallest absolute Gasteiger partial charge is 0.0462 e. The van der Waals surface area contributed by atoms with Gasteiger partial charge in [-0.05, 0) is 37.5 Å². The minimum atomic E-state index is 0.493. The number of hydrogen-bond acceptors (Lipinski definition) is 3. The number of hydrazine groups is 1. The van der Waals surface area contributed by atoms with E-state index in [1.165, 1.54) is 44.9 Å². The van der Waals surface area contributed by atoms with E-state index in [-0.39, 0.29) is 0 Å². The summed E-state index contributed by atoms with van der Waals surface area (Å²) < 4.78 is 5.12. The third-order valence-electron chi connectivity index (χ3n) is 4.50. The van der Waals surface area contributed by atoms with Crippen LogP contribution in [0.3, 0.4) is 0 Å². The fraction of sp³-hybridized carbons (Fsp3) is 1.00. The molecule has 0 spiro atoms. The highest BCUT2D eigenvalue weighted by molar-refractivity contribution is 4.80. The van der Waals surface area contributed by atoms with Crippen LogP contribution in [0.5, 0.6) is 0 Å². The van der Waals surface area contributed by atoms with Gasteiger partial charge in [0.1, 0.15) is 0 Å². The molecule has 0 amide bonds. The highest BCUT2D eigenvalue weighted by Crippen LogP contribution is 2.34. The first kappa shape index (κ1) is 15.9. The molecule has 3 heteroatoms. The van der Waals surface area contributed by atoms with Crippen LogP contribution in [0.15, 0.2) is 0 Å². The average molecular weight is 256 g/mol. The molecule has 0 aromatic rings. The highest BCUT2D eigenvalue weighted by Gasteiger charge is 2.26. The molecular formula is C15H32N2O. The largest absolute Gasteiger partial charge is 0.385 e. The summed E-state index contributed by atoms with van der Waals surface area (Å²) in [6, 6.07) is 0.493. The molecule has 1 aliphatic carbocycles. The zero-order valence-electron chi connectivity index (χ0n) is 12.3. The quantitative estimate of drug-likeness (QED) is 0.378. The van der Waals surface area contributed by atoms with Crippen molar-refractivity contribution in [3.8, 4) is 0 Å². The fourth-order valence-corrected chi connectivity index (χ4v) is 3.27. The minimum Gasteiger partial charge on any atom is -0.385 e. The van der Waals surface area contributed by atoms with E-state index >= 15 is 0 Å². The van der Waals surface area contributed by atoms with E-state index in [0.717, 1.165) is 31.3 Å². The number of unbranched alkanes of at least 4 members (excludes halogenated alkanes) is 1. The van der Waals surface area contributed by atoms with Gasteiger partial charge in [0, 0.05) is 19.8 Å². The molecule has 1 rings (SSSR count). The van der Waals surface area contributed by atoms with Crippen LogP contribution in [-0.4, -0.2) is 19.8 Å². The van der Waals surface area contributed by atoms with Gasteiger partial charge >= 0.3 is 0 Å². The summed E-state index contributed by atoms with van der Waals surface area (Å²) in [6.45, 7) is 3.14. The van der Waals surface area contributed by atoms with Crippen molar-refractivity contribution in [3.05, 3.63) is 0 Å². The molecule has 1 fully saturated rings. The Labute approximate surface area is 113 Å². The standard InChI is InChI=1S/C15H32N2O/c1-3-4-6-13-8-10-14(11-9-13)15(17-16)7-5-12-18-2/h13-15,17H,3-12,16H2,1-2H3. The van der Waals surface area contributed by atoms with Crippen molar-refractivity contribution < 1.29 is 4.74 Å². The molecule has 1 atom stereocenters. The Morgan fingerprint density at radius 3 is 2.50 bits per heavy atom. The van der Waals surface area contributed by atoms with E-state index in [2.05, 4.69) is 12.3 Å². The van der Waals surface area contributed by atoms with E-state index in [1.54, 1.807) is 7.11 Å². The number of hydrogen-bond donors (Lipinski definition) is 2. The maximum atomic E-state index is 5.71. The molecule has 0 heterocycles. The van der Waals surface area contributed by atoms with E-state index in [9.17, 15) is 0 Å². The van der Waals surface area contributed by atoms with Gasteiger partial charge in [-0.15, -0.1) is 0 Å². The Kier molecular flexibility index (Phi) is 8.64. The summed E-state index contributed by atoms with van der Waals surface area (Å²) in [4.78, 5) is 0. The minimum absolute atomic E-state index is 0.493. The number of methoxy groups -OCH3 is 1. The second-order valence-electron chi connectivity index (χ2n) is 5.83. The molecule has 3 N–H and O–H groups in total. The van der Waals surface area contributed by atoms with Crippen LogP contribution in [0.4, 0.5) is 0 Å². The van der Waals surface area contributed by atoms with Crippen LogP contribution in [0, 0.1) is 11.8 Å². The normalized spacial score (nSPS) is 26.2. The van der Waals surface area contributed by atoms with Gasteiger partial charge in [-0.3, -0.25) is 11.3 Å². The van der Waals surface area contributed by atoms with Crippen molar-refractivity contribution >= 4 is 0 Å². The van der Waals surface area contributed by atoms with Gasteiger partial charge in [0.15, 0.2) is 0 Å². The van der Waals surface area contributed by atoms with Crippen LogP contribution in [-0.2, 0) is 4.74 Å². The highest BCUT2D eigenvalue weighted by atomic mass is 16.5. The molecule has 1 saturated carbocycles. The van der Waals surface area contributed by atoms with Crippen LogP contribution in [0.2, 0.25) is 0 Å². The third-order valence-corrected chi connectivity index (χ3v) is 4.50. The summed E-state index contributed by atoms with van der Waals surface area (Å²) in [7, 11) is 1.77. The Balaban J connectivity index is 2.22. The molecule has 0 aliphatic heterocycles. The zero-order valence-corrected chi connectivity index (χ0v) is 12.3. The topological polar surface area (TPSA) is 47.3 Å². The van der Waals surface area contributed by atoms with Crippen molar-refractivity contribution in [1.29, 1.82) is 0 Å². The lowest BCUT2D eigenvalue weighted by Gasteiger charge is -2.33. The Morgan fingerprint density at radius 1 is 1.22 bits per heavy atom. The average Bonchev–Trinajstić information content (AvgIpc) is 2.42. The van der Waals surface area contributed by atoms with E-state index in [4.69, 9.17) is 10.6 Å². The van der Waals surface area contributed by atoms with Gasteiger partial charge in [0.2, 0.25) is 0 Å². The second kappa shape index (κ2) is 9.76.